The maximum absolute atomic E-state index is 12.4. The summed E-state index contributed by atoms with van der Waals surface area (Å²) in [5, 5.41) is 4.52. The van der Waals surface area contributed by atoms with Crippen molar-refractivity contribution in [2.75, 3.05) is 23.7 Å². The number of sulfonamides is 1. The van der Waals surface area contributed by atoms with Crippen molar-refractivity contribution in [3.63, 3.8) is 0 Å². The van der Waals surface area contributed by atoms with E-state index in [1.807, 2.05) is 0 Å². The highest BCUT2D eigenvalue weighted by Gasteiger charge is 2.31. The number of alkyl halides is 6. The topological polar surface area (TPSA) is 96.5 Å². The average molecular weight is 485 g/mol. The number of benzene rings is 2. The van der Waals surface area contributed by atoms with E-state index in [4.69, 9.17) is 0 Å². The average Bonchev–Trinajstić information content (AvgIpc) is 2.65. The molecule has 176 valence electrons. The van der Waals surface area contributed by atoms with Crippen LogP contribution in [0.25, 0.3) is 0 Å². The molecule has 0 saturated heterocycles. The number of para-hydroxylation sites is 2. The highest BCUT2D eigenvalue weighted by molar-refractivity contribution is 7.89. The Bertz CT molecular complexity index is 1020. The zero-order chi connectivity index (χ0) is 24.0. The van der Waals surface area contributed by atoms with Crippen LogP contribution in [0.4, 0.5) is 37.7 Å². The van der Waals surface area contributed by atoms with Crippen LogP contribution in [-0.4, -0.2) is 40.0 Å². The fourth-order valence-electron chi connectivity index (χ4n) is 2.36. The van der Waals surface area contributed by atoms with Gasteiger partial charge in [0.25, 0.3) is 0 Å². The number of anilines is 2. The van der Waals surface area contributed by atoms with Crippen molar-refractivity contribution in [3.05, 3.63) is 48.5 Å². The molecular weight excluding hydrogens is 468 g/mol. The molecule has 2 rings (SSSR count). The molecule has 3 N–H and O–H groups in total. The normalized spacial score (nSPS) is 12.3. The van der Waals surface area contributed by atoms with Crippen LogP contribution < -0.4 is 20.1 Å². The number of halogens is 6. The van der Waals surface area contributed by atoms with Crippen LogP contribution in [0, 0.1) is 0 Å². The minimum atomic E-state index is -4.92. The second-order valence-electron chi connectivity index (χ2n) is 6.23. The van der Waals surface area contributed by atoms with Crippen LogP contribution in [0.1, 0.15) is 6.42 Å². The zero-order valence-electron chi connectivity index (χ0n) is 16.0. The highest BCUT2D eigenvalue weighted by atomic mass is 32.2. The van der Waals surface area contributed by atoms with Crippen molar-refractivity contribution >= 4 is 27.3 Å². The first-order valence-electron chi connectivity index (χ1n) is 8.80. The van der Waals surface area contributed by atoms with Gasteiger partial charge in [0.2, 0.25) is 15.9 Å². The lowest BCUT2D eigenvalue weighted by Gasteiger charge is -2.14. The lowest BCUT2D eigenvalue weighted by molar-refractivity contribution is -0.274. The van der Waals surface area contributed by atoms with Gasteiger partial charge in [-0.2, -0.15) is 13.2 Å². The van der Waals surface area contributed by atoms with Crippen LogP contribution in [0.15, 0.2) is 53.4 Å². The molecule has 0 atom stereocenters. The molecule has 0 saturated carbocycles. The third-order valence-electron chi connectivity index (χ3n) is 3.69. The molecular formula is C18H17F6N3O4S. The molecule has 0 radical (unpaired) electrons. The van der Waals surface area contributed by atoms with Gasteiger partial charge in [-0.15, -0.1) is 13.2 Å². The van der Waals surface area contributed by atoms with Crippen molar-refractivity contribution in [1.29, 1.82) is 0 Å². The Hall–Kier alpha value is -3.00. The molecule has 0 aliphatic rings. The van der Waals surface area contributed by atoms with E-state index < -0.39 is 40.8 Å². The van der Waals surface area contributed by atoms with Gasteiger partial charge in [-0.3, -0.25) is 4.79 Å². The van der Waals surface area contributed by atoms with Gasteiger partial charge in [-0.25, -0.2) is 13.1 Å². The number of amides is 1. The number of ether oxygens (including phenoxy) is 1. The molecule has 2 aromatic rings. The number of hydrogen-bond donors (Lipinski definition) is 3. The Morgan fingerprint density at radius 1 is 0.906 bits per heavy atom. The van der Waals surface area contributed by atoms with Crippen LogP contribution in [0.3, 0.4) is 0 Å². The van der Waals surface area contributed by atoms with Crippen LogP contribution in [0.2, 0.25) is 0 Å². The van der Waals surface area contributed by atoms with Crippen molar-refractivity contribution in [1.82, 2.24) is 4.72 Å². The molecule has 0 aromatic heterocycles. The number of carbonyl (C=O) groups is 1. The maximum Gasteiger partial charge on any atom is 0.573 e. The van der Waals surface area contributed by atoms with Crippen LogP contribution in [-0.2, 0) is 14.8 Å². The van der Waals surface area contributed by atoms with E-state index in [-0.39, 0.29) is 29.2 Å². The minimum absolute atomic E-state index is 0.0277. The van der Waals surface area contributed by atoms with Crippen molar-refractivity contribution < 1.29 is 44.3 Å². The molecule has 14 heteroatoms. The molecule has 0 fully saturated rings. The van der Waals surface area contributed by atoms with Crippen molar-refractivity contribution in [3.8, 4) is 5.75 Å². The van der Waals surface area contributed by atoms with E-state index in [9.17, 15) is 39.6 Å². The maximum atomic E-state index is 12.4. The van der Waals surface area contributed by atoms with E-state index in [0.29, 0.717) is 0 Å². The molecule has 0 aliphatic carbocycles. The molecule has 0 heterocycles. The van der Waals surface area contributed by atoms with Gasteiger partial charge < -0.3 is 15.4 Å². The molecule has 1 amide bonds. The molecule has 0 spiro atoms. The number of rotatable bonds is 9. The summed E-state index contributed by atoms with van der Waals surface area (Å²) < 4.78 is 104. The zero-order valence-corrected chi connectivity index (χ0v) is 16.9. The van der Waals surface area contributed by atoms with Crippen LogP contribution >= 0.6 is 0 Å². The fourth-order valence-corrected chi connectivity index (χ4v) is 3.39. The minimum Gasteiger partial charge on any atom is -0.406 e. The number of hydrogen-bond acceptors (Lipinski definition) is 5. The quantitative estimate of drug-likeness (QED) is 0.469. The van der Waals surface area contributed by atoms with Gasteiger partial charge in [-0.1, -0.05) is 12.1 Å². The summed E-state index contributed by atoms with van der Waals surface area (Å²) >= 11 is 0. The highest BCUT2D eigenvalue weighted by Crippen LogP contribution is 2.25. The van der Waals surface area contributed by atoms with Gasteiger partial charge in [-0.05, 0) is 36.4 Å². The Kier molecular flexibility index (Phi) is 7.96. The molecule has 7 nitrogen and oxygen atoms in total. The van der Waals surface area contributed by atoms with E-state index in [1.54, 1.807) is 0 Å². The summed E-state index contributed by atoms with van der Waals surface area (Å²) in [7, 11) is -4.13. The summed E-state index contributed by atoms with van der Waals surface area (Å²) in [5.74, 6) is -1.28. The summed E-state index contributed by atoms with van der Waals surface area (Å²) in [6.45, 7) is -1.68. The largest absolute Gasteiger partial charge is 0.573 e. The fraction of sp³-hybridized carbons (Fsp3) is 0.278. The molecule has 0 unspecified atom stereocenters. The summed E-state index contributed by atoms with van der Waals surface area (Å²) in [5.41, 5.74) is 0.102. The Morgan fingerprint density at radius 3 is 2.06 bits per heavy atom. The Balaban J connectivity index is 1.90. The predicted octanol–water partition coefficient (Wildman–Crippen LogP) is 3.87. The SMILES string of the molecule is O=C(CCNS(=O)(=O)c1ccc(OC(F)(F)F)cc1)Nc1ccccc1NCC(F)(F)F. The van der Waals surface area contributed by atoms with E-state index in [0.717, 1.165) is 24.3 Å². The number of carbonyl (C=O) groups excluding carboxylic acids is 1. The van der Waals surface area contributed by atoms with Gasteiger partial charge in [0.05, 0.1) is 16.3 Å². The van der Waals surface area contributed by atoms with Crippen LogP contribution in [0.5, 0.6) is 5.75 Å². The second kappa shape index (κ2) is 10.1. The second-order valence-corrected chi connectivity index (χ2v) is 8.00. The summed E-state index contributed by atoms with van der Waals surface area (Å²) in [6.07, 6.45) is -9.75. The summed E-state index contributed by atoms with van der Waals surface area (Å²) in [4.78, 5) is 11.7. The van der Waals surface area contributed by atoms with Gasteiger partial charge >= 0.3 is 12.5 Å². The first-order chi connectivity index (χ1) is 14.8. The van der Waals surface area contributed by atoms with Crippen molar-refractivity contribution in [2.24, 2.45) is 0 Å². The monoisotopic (exact) mass is 485 g/mol. The first kappa shape index (κ1) is 25.3. The lowest BCUT2D eigenvalue weighted by Crippen LogP contribution is -2.28. The third kappa shape index (κ3) is 8.63. The van der Waals surface area contributed by atoms with E-state index >= 15 is 0 Å². The first-order valence-corrected chi connectivity index (χ1v) is 10.3. The third-order valence-corrected chi connectivity index (χ3v) is 5.17. The molecule has 0 aliphatic heterocycles. The molecule has 32 heavy (non-hydrogen) atoms. The Labute approximate surface area is 178 Å². The van der Waals surface area contributed by atoms with Gasteiger partial charge in [0.1, 0.15) is 12.3 Å². The van der Waals surface area contributed by atoms with E-state index in [1.165, 1.54) is 24.3 Å². The smallest absolute Gasteiger partial charge is 0.406 e. The summed E-state index contributed by atoms with van der Waals surface area (Å²) in [6, 6.07) is 9.08. The van der Waals surface area contributed by atoms with E-state index in [2.05, 4.69) is 20.1 Å². The molecule has 2 aromatic carbocycles. The standard InChI is InChI=1S/C18H17F6N3O4S/c19-17(20,21)11-25-14-3-1-2-4-15(14)27-16(28)9-10-26-32(29,30)13-7-5-12(6-8-13)31-18(22,23)24/h1-8,25-26H,9-11H2,(H,27,28). The predicted molar refractivity (Wildman–Crippen MR) is 103 cm³/mol. The van der Waals surface area contributed by atoms with Gasteiger partial charge in [0.15, 0.2) is 0 Å². The van der Waals surface area contributed by atoms with Crippen molar-refractivity contribution in [2.45, 2.75) is 23.9 Å². The molecule has 0 bridgehead atoms. The Morgan fingerprint density at radius 2 is 1.50 bits per heavy atom. The lowest BCUT2D eigenvalue weighted by atomic mass is 10.2. The number of nitrogens with one attached hydrogen (secondary N) is 3. The van der Waals surface area contributed by atoms with Gasteiger partial charge in [0, 0.05) is 13.0 Å².